The van der Waals surface area contributed by atoms with Crippen molar-refractivity contribution in [1.29, 1.82) is 5.26 Å². The zero-order valence-corrected chi connectivity index (χ0v) is 9.58. The first kappa shape index (κ1) is 12.6. The normalized spacial score (nSPS) is 9.56. The molecule has 0 atom stereocenters. The minimum atomic E-state index is -0.333. The zero-order chi connectivity index (χ0) is 12.0. The van der Waals surface area contributed by atoms with E-state index in [1.165, 1.54) is 18.9 Å². The molecule has 0 amide bonds. The minimum Gasteiger partial charge on any atom is -0.468 e. The lowest BCUT2D eigenvalue weighted by atomic mass is 10.1. The second-order valence-corrected chi connectivity index (χ2v) is 3.98. The standard InChI is InChI=1S/C11H11NO3S/c1-15-11(14)7-16-10-3-2-8(6-13)4-9(10)5-12/h2-4,13H,6-7H2,1H3. The van der Waals surface area contributed by atoms with E-state index in [4.69, 9.17) is 10.4 Å². The quantitative estimate of drug-likeness (QED) is 0.631. The molecular formula is C11H11NO3S. The molecule has 0 fully saturated rings. The van der Waals surface area contributed by atoms with Gasteiger partial charge in [-0.3, -0.25) is 4.79 Å². The molecule has 4 nitrogen and oxygen atoms in total. The maximum atomic E-state index is 10.9. The first-order valence-electron chi connectivity index (χ1n) is 4.54. The second kappa shape index (κ2) is 6.16. The van der Waals surface area contributed by atoms with Crippen molar-refractivity contribution in [3.05, 3.63) is 29.3 Å². The van der Waals surface area contributed by atoms with Gasteiger partial charge in [-0.25, -0.2) is 0 Å². The van der Waals surface area contributed by atoms with Gasteiger partial charge in [0.1, 0.15) is 6.07 Å². The Hall–Kier alpha value is -1.51. The minimum absolute atomic E-state index is 0.101. The topological polar surface area (TPSA) is 70.3 Å². The van der Waals surface area contributed by atoms with E-state index in [1.54, 1.807) is 18.2 Å². The molecule has 84 valence electrons. The van der Waals surface area contributed by atoms with E-state index in [-0.39, 0.29) is 18.3 Å². The highest BCUT2D eigenvalue weighted by Crippen LogP contribution is 2.23. The summed E-state index contributed by atoms with van der Waals surface area (Å²) in [5.41, 5.74) is 1.14. The van der Waals surface area contributed by atoms with Crippen molar-refractivity contribution < 1.29 is 14.6 Å². The highest BCUT2D eigenvalue weighted by Gasteiger charge is 2.07. The number of rotatable bonds is 4. The number of aliphatic hydroxyl groups excluding tert-OH is 1. The van der Waals surface area contributed by atoms with Crippen LogP contribution < -0.4 is 0 Å². The number of ether oxygens (including phenoxy) is 1. The molecule has 0 saturated heterocycles. The Kier molecular flexibility index (Phi) is 4.83. The van der Waals surface area contributed by atoms with Gasteiger partial charge in [0.25, 0.3) is 0 Å². The Morgan fingerprint density at radius 2 is 2.38 bits per heavy atom. The SMILES string of the molecule is COC(=O)CSc1ccc(CO)cc1C#N. The van der Waals surface area contributed by atoms with E-state index in [0.717, 1.165) is 0 Å². The Morgan fingerprint density at radius 3 is 2.94 bits per heavy atom. The van der Waals surface area contributed by atoms with Crippen LogP contribution in [0.3, 0.4) is 0 Å². The summed E-state index contributed by atoms with van der Waals surface area (Å²) < 4.78 is 4.51. The lowest BCUT2D eigenvalue weighted by Crippen LogP contribution is -2.03. The fourth-order valence-electron chi connectivity index (χ4n) is 1.08. The van der Waals surface area contributed by atoms with E-state index in [9.17, 15) is 4.79 Å². The largest absolute Gasteiger partial charge is 0.468 e. The van der Waals surface area contributed by atoms with E-state index in [1.807, 2.05) is 6.07 Å². The first-order chi connectivity index (χ1) is 7.71. The number of hydrogen-bond donors (Lipinski definition) is 1. The maximum Gasteiger partial charge on any atom is 0.315 e. The van der Waals surface area contributed by atoms with E-state index in [0.29, 0.717) is 16.0 Å². The molecule has 0 heterocycles. The highest BCUT2D eigenvalue weighted by atomic mass is 32.2. The van der Waals surface area contributed by atoms with Crippen LogP contribution in [0.5, 0.6) is 0 Å². The maximum absolute atomic E-state index is 10.9. The molecule has 0 radical (unpaired) electrons. The summed E-state index contributed by atoms with van der Waals surface area (Å²) in [7, 11) is 1.32. The van der Waals surface area contributed by atoms with Crippen LogP contribution in [0.15, 0.2) is 23.1 Å². The zero-order valence-electron chi connectivity index (χ0n) is 8.77. The molecular weight excluding hydrogens is 226 g/mol. The number of nitriles is 1. The van der Waals surface area contributed by atoms with Crippen LogP contribution in [0.2, 0.25) is 0 Å². The Morgan fingerprint density at radius 1 is 1.62 bits per heavy atom. The Balaban J connectivity index is 2.80. The van der Waals surface area contributed by atoms with Crippen molar-refractivity contribution in [2.24, 2.45) is 0 Å². The summed E-state index contributed by atoms with van der Waals surface area (Å²) >= 11 is 1.24. The summed E-state index contributed by atoms with van der Waals surface area (Å²) in [5.74, 6) is -0.163. The van der Waals surface area contributed by atoms with Crippen LogP contribution >= 0.6 is 11.8 Å². The fourth-order valence-corrected chi connectivity index (χ4v) is 1.90. The molecule has 1 N–H and O–H groups in total. The third kappa shape index (κ3) is 3.26. The molecule has 1 rings (SSSR count). The van der Waals surface area contributed by atoms with Crippen LogP contribution in [0.1, 0.15) is 11.1 Å². The smallest absolute Gasteiger partial charge is 0.315 e. The number of esters is 1. The van der Waals surface area contributed by atoms with Crippen molar-refractivity contribution in [2.75, 3.05) is 12.9 Å². The van der Waals surface area contributed by atoms with Crippen molar-refractivity contribution >= 4 is 17.7 Å². The third-order valence-electron chi connectivity index (χ3n) is 1.92. The van der Waals surface area contributed by atoms with Gasteiger partial charge < -0.3 is 9.84 Å². The lowest BCUT2D eigenvalue weighted by molar-refractivity contribution is -0.137. The van der Waals surface area contributed by atoms with Gasteiger partial charge in [-0.15, -0.1) is 11.8 Å². The Labute approximate surface area is 97.8 Å². The van der Waals surface area contributed by atoms with Crippen LogP contribution in [-0.2, 0) is 16.1 Å². The molecule has 0 spiro atoms. The number of benzene rings is 1. The molecule has 16 heavy (non-hydrogen) atoms. The summed E-state index contributed by atoms with van der Waals surface area (Å²) in [6, 6.07) is 7.08. The van der Waals surface area contributed by atoms with Crippen molar-refractivity contribution in [1.82, 2.24) is 0 Å². The predicted molar refractivity (Wildman–Crippen MR) is 59.8 cm³/mol. The molecule has 0 unspecified atom stereocenters. The fraction of sp³-hybridized carbons (Fsp3) is 0.273. The molecule has 0 aliphatic rings. The van der Waals surface area contributed by atoms with Gasteiger partial charge in [-0.2, -0.15) is 5.26 Å². The highest BCUT2D eigenvalue weighted by molar-refractivity contribution is 8.00. The summed E-state index contributed by atoms with van der Waals surface area (Å²) in [6.07, 6.45) is 0. The number of hydrogen-bond acceptors (Lipinski definition) is 5. The average Bonchev–Trinajstić information content (AvgIpc) is 2.35. The number of carbonyl (C=O) groups is 1. The second-order valence-electron chi connectivity index (χ2n) is 2.97. The average molecular weight is 237 g/mol. The van der Waals surface area contributed by atoms with Crippen LogP contribution in [0.4, 0.5) is 0 Å². The van der Waals surface area contributed by atoms with Gasteiger partial charge in [-0.1, -0.05) is 6.07 Å². The van der Waals surface area contributed by atoms with Crippen LogP contribution in [0.25, 0.3) is 0 Å². The lowest BCUT2D eigenvalue weighted by Gasteiger charge is -2.04. The molecule has 0 aliphatic heterocycles. The van der Waals surface area contributed by atoms with E-state index in [2.05, 4.69) is 4.74 Å². The van der Waals surface area contributed by atoms with Gasteiger partial charge in [0.2, 0.25) is 0 Å². The summed E-state index contributed by atoms with van der Waals surface area (Å²) in [4.78, 5) is 11.7. The number of nitrogens with zero attached hydrogens (tertiary/aromatic N) is 1. The number of aliphatic hydroxyl groups is 1. The van der Waals surface area contributed by atoms with Crippen LogP contribution in [0, 0.1) is 11.3 Å². The van der Waals surface area contributed by atoms with Gasteiger partial charge in [-0.05, 0) is 17.7 Å². The molecule has 0 bridgehead atoms. The number of carbonyl (C=O) groups excluding carboxylic acids is 1. The first-order valence-corrected chi connectivity index (χ1v) is 5.53. The van der Waals surface area contributed by atoms with E-state index < -0.39 is 0 Å². The Bertz CT molecular complexity index is 426. The summed E-state index contributed by atoms with van der Waals surface area (Å²) in [6.45, 7) is -0.101. The third-order valence-corrected chi connectivity index (χ3v) is 2.97. The molecule has 1 aromatic rings. The van der Waals surface area contributed by atoms with Crippen molar-refractivity contribution in [2.45, 2.75) is 11.5 Å². The van der Waals surface area contributed by atoms with E-state index >= 15 is 0 Å². The van der Waals surface area contributed by atoms with Crippen molar-refractivity contribution in [3.8, 4) is 6.07 Å². The monoisotopic (exact) mass is 237 g/mol. The molecule has 0 saturated carbocycles. The van der Waals surface area contributed by atoms with Gasteiger partial charge in [0.05, 0.1) is 25.0 Å². The van der Waals surface area contributed by atoms with Gasteiger partial charge >= 0.3 is 5.97 Å². The van der Waals surface area contributed by atoms with Crippen LogP contribution in [-0.4, -0.2) is 23.9 Å². The molecule has 1 aromatic carbocycles. The summed E-state index contributed by atoms with van der Waals surface area (Å²) in [5, 5.41) is 17.8. The molecule has 5 heteroatoms. The molecule has 0 aliphatic carbocycles. The predicted octanol–water partition coefficient (Wildman–Crippen LogP) is 1.32. The molecule has 0 aromatic heterocycles. The van der Waals surface area contributed by atoms with Gasteiger partial charge in [0.15, 0.2) is 0 Å². The number of methoxy groups -OCH3 is 1. The van der Waals surface area contributed by atoms with Crippen molar-refractivity contribution in [3.63, 3.8) is 0 Å². The number of thioether (sulfide) groups is 1. The van der Waals surface area contributed by atoms with Gasteiger partial charge in [0, 0.05) is 4.90 Å².